The van der Waals surface area contributed by atoms with Crippen LogP contribution >= 0.6 is 0 Å². The lowest BCUT2D eigenvalue weighted by atomic mass is 9.72. The Labute approximate surface area is 166 Å². The molecule has 3 saturated heterocycles. The molecule has 1 aromatic rings. The summed E-state index contributed by atoms with van der Waals surface area (Å²) in [5.41, 5.74) is 7.67. The Morgan fingerprint density at radius 2 is 1.96 bits per heavy atom. The van der Waals surface area contributed by atoms with Gasteiger partial charge >= 0.3 is 0 Å². The van der Waals surface area contributed by atoms with Crippen LogP contribution in [0, 0.1) is 5.41 Å². The molecule has 7 nitrogen and oxygen atoms in total. The molecule has 2 N–H and O–H groups in total. The Morgan fingerprint density at radius 3 is 2.64 bits per heavy atom. The van der Waals surface area contributed by atoms with Crippen LogP contribution in [-0.2, 0) is 16.1 Å². The summed E-state index contributed by atoms with van der Waals surface area (Å²) in [6, 6.07) is 4.23. The lowest BCUT2D eigenvalue weighted by Crippen LogP contribution is -2.54. The number of hydrazine groups is 1. The number of rotatable bonds is 4. The number of carbonyl (C=O) groups excluding carboxylic acids is 2. The molecule has 1 aromatic heterocycles. The first-order valence-electron chi connectivity index (χ1n) is 10.5. The fraction of sp³-hybridized carbons (Fsp3) is 0.667. The molecule has 28 heavy (non-hydrogen) atoms. The molecule has 3 fully saturated rings. The van der Waals surface area contributed by atoms with E-state index in [0.29, 0.717) is 19.0 Å². The number of hydrogen-bond acceptors (Lipinski definition) is 5. The number of hydrogen-bond donors (Lipinski definition) is 2. The monoisotopic (exact) mass is 385 g/mol. The molecular formula is C21H31N5O2. The second kappa shape index (κ2) is 8.17. The summed E-state index contributed by atoms with van der Waals surface area (Å²) in [5.74, 6) is 0.464. The molecule has 0 aliphatic carbocycles. The zero-order valence-corrected chi connectivity index (χ0v) is 16.7. The fourth-order valence-corrected chi connectivity index (χ4v) is 4.84. The van der Waals surface area contributed by atoms with Crippen LogP contribution in [0.5, 0.6) is 0 Å². The molecular weight excluding hydrogens is 354 g/mol. The zero-order chi connectivity index (χ0) is 19.6. The highest BCUT2D eigenvalue weighted by Crippen LogP contribution is 2.40. The summed E-state index contributed by atoms with van der Waals surface area (Å²) >= 11 is 0. The number of piperidine rings is 2. The van der Waals surface area contributed by atoms with E-state index in [-0.39, 0.29) is 23.3 Å². The summed E-state index contributed by atoms with van der Waals surface area (Å²) in [6.07, 6.45) is 8.98. The Hall–Kier alpha value is -1.99. The van der Waals surface area contributed by atoms with Gasteiger partial charge in [0.25, 0.3) is 0 Å². The fourth-order valence-electron chi connectivity index (χ4n) is 4.84. The predicted molar refractivity (Wildman–Crippen MR) is 106 cm³/mol. The maximum atomic E-state index is 12.8. The van der Waals surface area contributed by atoms with Gasteiger partial charge in [0.15, 0.2) is 0 Å². The number of carbonyl (C=O) groups is 2. The van der Waals surface area contributed by atoms with Gasteiger partial charge < -0.3 is 9.80 Å². The topological polar surface area (TPSA) is 77.6 Å². The van der Waals surface area contributed by atoms with Crippen molar-refractivity contribution < 1.29 is 9.59 Å². The van der Waals surface area contributed by atoms with E-state index < -0.39 is 0 Å². The molecule has 3 aliphatic heterocycles. The first kappa shape index (κ1) is 19.3. The van der Waals surface area contributed by atoms with Gasteiger partial charge in [-0.2, -0.15) is 0 Å². The number of likely N-dealkylation sites (tertiary alicyclic amines) is 2. The molecule has 2 unspecified atom stereocenters. The van der Waals surface area contributed by atoms with E-state index in [0.717, 1.165) is 57.3 Å². The van der Waals surface area contributed by atoms with Crippen LogP contribution in [0.25, 0.3) is 0 Å². The molecule has 0 radical (unpaired) electrons. The van der Waals surface area contributed by atoms with Gasteiger partial charge in [0.2, 0.25) is 11.8 Å². The van der Waals surface area contributed by atoms with Gasteiger partial charge in [0.1, 0.15) is 6.04 Å². The summed E-state index contributed by atoms with van der Waals surface area (Å²) in [6.45, 7) is 5.19. The second-order valence-corrected chi connectivity index (χ2v) is 8.61. The van der Waals surface area contributed by atoms with Crippen LogP contribution < -0.4 is 10.9 Å². The summed E-state index contributed by atoms with van der Waals surface area (Å²) < 4.78 is 0. The molecule has 4 heterocycles. The quantitative estimate of drug-likeness (QED) is 0.821. The van der Waals surface area contributed by atoms with Gasteiger partial charge in [-0.15, -0.1) is 0 Å². The van der Waals surface area contributed by atoms with Crippen LogP contribution in [-0.4, -0.2) is 58.3 Å². The number of amides is 2. The van der Waals surface area contributed by atoms with Crippen LogP contribution in [0.4, 0.5) is 0 Å². The van der Waals surface area contributed by atoms with Gasteiger partial charge in [-0.25, -0.2) is 5.43 Å². The van der Waals surface area contributed by atoms with Crippen molar-refractivity contribution in [2.75, 3.05) is 19.6 Å². The molecule has 7 heteroatoms. The lowest BCUT2D eigenvalue weighted by Gasteiger charge is -2.47. The highest BCUT2D eigenvalue weighted by atomic mass is 16.2. The van der Waals surface area contributed by atoms with E-state index in [1.54, 1.807) is 12.4 Å². The van der Waals surface area contributed by atoms with Crippen molar-refractivity contribution in [1.82, 2.24) is 25.6 Å². The van der Waals surface area contributed by atoms with E-state index >= 15 is 0 Å². The van der Waals surface area contributed by atoms with Crippen LogP contribution in [0.1, 0.15) is 51.0 Å². The molecule has 0 saturated carbocycles. The van der Waals surface area contributed by atoms with Crippen molar-refractivity contribution in [3.8, 4) is 0 Å². The van der Waals surface area contributed by atoms with Crippen LogP contribution in [0.3, 0.4) is 0 Å². The lowest BCUT2D eigenvalue weighted by molar-refractivity contribution is -0.143. The average molecular weight is 386 g/mol. The van der Waals surface area contributed by atoms with E-state index in [2.05, 4.69) is 22.8 Å². The first-order chi connectivity index (χ1) is 13.6. The van der Waals surface area contributed by atoms with E-state index in [9.17, 15) is 9.59 Å². The number of aromatic nitrogens is 1. The molecule has 0 bridgehead atoms. The smallest absolute Gasteiger partial charge is 0.241 e. The van der Waals surface area contributed by atoms with Crippen molar-refractivity contribution >= 4 is 11.8 Å². The summed E-state index contributed by atoms with van der Waals surface area (Å²) in [7, 11) is 0. The van der Waals surface area contributed by atoms with E-state index in [1.165, 1.54) is 0 Å². The average Bonchev–Trinajstić information content (AvgIpc) is 3.21. The highest BCUT2D eigenvalue weighted by Gasteiger charge is 2.42. The van der Waals surface area contributed by atoms with Gasteiger partial charge in [-0.05, 0) is 55.2 Å². The first-order valence-corrected chi connectivity index (χ1v) is 10.5. The second-order valence-electron chi connectivity index (χ2n) is 8.61. The van der Waals surface area contributed by atoms with Crippen molar-refractivity contribution in [2.24, 2.45) is 5.41 Å². The van der Waals surface area contributed by atoms with Gasteiger partial charge in [0.05, 0.1) is 0 Å². The molecule has 2 amide bonds. The maximum Gasteiger partial charge on any atom is 0.241 e. The Balaban J connectivity index is 1.34. The molecule has 4 rings (SSSR count). The third-order valence-corrected chi connectivity index (χ3v) is 6.78. The number of nitrogens with one attached hydrogen (secondary N) is 2. The van der Waals surface area contributed by atoms with Crippen molar-refractivity contribution in [3.63, 3.8) is 0 Å². The van der Waals surface area contributed by atoms with Gasteiger partial charge in [-0.1, -0.05) is 6.92 Å². The van der Waals surface area contributed by atoms with Crippen molar-refractivity contribution in [1.29, 1.82) is 0 Å². The molecule has 1 spiro atoms. The largest absolute Gasteiger partial charge is 0.341 e. The minimum atomic E-state index is -0.102. The number of nitrogens with zero attached hydrogens (tertiary/aromatic N) is 3. The van der Waals surface area contributed by atoms with Crippen molar-refractivity contribution in [3.05, 3.63) is 30.1 Å². The van der Waals surface area contributed by atoms with Crippen LogP contribution in [0.15, 0.2) is 24.5 Å². The molecule has 0 aromatic carbocycles. The zero-order valence-electron chi connectivity index (χ0n) is 16.7. The Bertz CT molecular complexity index is 702. The van der Waals surface area contributed by atoms with Crippen molar-refractivity contribution in [2.45, 2.75) is 64.1 Å². The third kappa shape index (κ3) is 4.05. The predicted octanol–water partition coefficient (Wildman–Crippen LogP) is 1.46. The molecule has 2 atom stereocenters. The third-order valence-electron chi connectivity index (χ3n) is 6.78. The molecule has 3 aliphatic rings. The molecule has 152 valence electrons. The maximum absolute atomic E-state index is 12.8. The van der Waals surface area contributed by atoms with Gasteiger partial charge in [-0.3, -0.25) is 20.0 Å². The van der Waals surface area contributed by atoms with Crippen LogP contribution in [0.2, 0.25) is 0 Å². The minimum absolute atomic E-state index is 0.102. The SMILES string of the molecule is CCC1CC(C(=O)N2CCC3(CCC(=O)N(Cc4ccncc4)C3)CC2)NN1. The number of pyridine rings is 1. The van der Waals surface area contributed by atoms with E-state index in [4.69, 9.17) is 0 Å². The van der Waals surface area contributed by atoms with Gasteiger partial charge in [0, 0.05) is 51.0 Å². The minimum Gasteiger partial charge on any atom is -0.341 e. The highest BCUT2D eigenvalue weighted by molar-refractivity contribution is 5.82. The normalized spacial score (nSPS) is 27.4. The Morgan fingerprint density at radius 1 is 1.21 bits per heavy atom. The summed E-state index contributed by atoms with van der Waals surface area (Å²) in [5, 5.41) is 0. The summed E-state index contributed by atoms with van der Waals surface area (Å²) in [4.78, 5) is 33.4. The van der Waals surface area contributed by atoms with E-state index in [1.807, 2.05) is 21.9 Å². The Kier molecular flexibility index (Phi) is 5.64. The standard InChI is InChI=1S/C21H31N5O2/c1-2-17-13-18(24-23-17)20(28)25-11-7-21(8-12-25)6-3-19(27)26(15-21)14-16-4-9-22-10-5-16/h4-5,9-10,17-18,23-24H,2-3,6-8,11-15H2,1H3.